The van der Waals surface area contributed by atoms with Crippen molar-refractivity contribution in [1.82, 2.24) is 29.5 Å². The molecular weight excluding hydrogens is 366 g/mol. The van der Waals surface area contributed by atoms with E-state index in [9.17, 15) is 0 Å². The Labute approximate surface area is 166 Å². The van der Waals surface area contributed by atoms with E-state index in [-0.39, 0.29) is 0 Å². The Morgan fingerprint density at radius 1 is 1.03 bits per heavy atom. The van der Waals surface area contributed by atoms with Crippen molar-refractivity contribution in [2.45, 2.75) is 6.61 Å². The molecule has 0 saturated carbocycles. The van der Waals surface area contributed by atoms with Crippen molar-refractivity contribution >= 4 is 11.3 Å². The fraction of sp³-hybridized carbons (Fsp3) is 0.0476. The number of anilines is 1. The molecule has 29 heavy (non-hydrogen) atoms. The molecule has 142 valence electrons. The van der Waals surface area contributed by atoms with Gasteiger partial charge in [0.2, 0.25) is 0 Å². The molecule has 0 unspecified atom stereocenters. The zero-order valence-electron chi connectivity index (χ0n) is 15.4. The highest BCUT2D eigenvalue weighted by atomic mass is 16.5. The highest BCUT2D eigenvalue weighted by Crippen LogP contribution is 2.32. The van der Waals surface area contributed by atoms with Crippen LogP contribution in [0.3, 0.4) is 0 Å². The monoisotopic (exact) mass is 383 g/mol. The van der Waals surface area contributed by atoms with Crippen molar-refractivity contribution in [2.75, 3.05) is 5.73 Å². The fourth-order valence-electron chi connectivity index (χ4n) is 3.18. The van der Waals surface area contributed by atoms with Gasteiger partial charge in [0.1, 0.15) is 35.6 Å². The molecule has 0 radical (unpaired) electrons. The number of ether oxygens (including phenoxy) is 1. The lowest BCUT2D eigenvalue weighted by Crippen LogP contribution is -2.00. The highest BCUT2D eigenvalue weighted by molar-refractivity contribution is 5.87. The normalized spacial score (nSPS) is 11.0. The summed E-state index contributed by atoms with van der Waals surface area (Å²) >= 11 is 0. The van der Waals surface area contributed by atoms with Gasteiger partial charge in [0.15, 0.2) is 11.6 Å². The van der Waals surface area contributed by atoms with Gasteiger partial charge >= 0.3 is 0 Å². The second-order valence-corrected chi connectivity index (χ2v) is 6.45. The van der Waals surface area contributed by atoms with Gasteiger partial charge in [-0.15, -0.1) is 0 Å². The molecule has 5 rings (SSSR count). The first kappa shape index (κ1) is 16.9. The molecule has 0 aliphatic rings. The minimum atomic E-state index is 0.347. The summed E-state index contributed by atoms with van der Waals surface area (Å²) in [6.45, 7) is 0.484. The van der Waals surface area contributed by atoms with E-state index in [1.165, 1.54) is 6.33 Å². The number of aromatic amines is 1. The van der Waals surface area contributed by atoms with Gasteiger partial charge in [-0.3, -0.25) is 0 Å². The number of nitrogens with one attached hydrogen (secondary N) is 1. The lowest BCUT2D eigenvalue weighted by Gasteiger charge is -2.08. The summed E-state index contributed by atoms with van der Waals surface area (Å²) < 4.78 is 7.62. The van der Waals surface area contributed by atoms with Crippen LogP contribution in [0.5, 0.6) is 5.75 Å². The highest BCUT2D eigenvalue weighted by Gasteiger charge is 2.19. The molecule has 0 spiro atoms. The Morgan fingerprint density at radius 2 is 1.93 bits per heavy atom. The maximum Gasteiger partial charge on any atom is 0.182 e. The van der Waals surface area contributed by atoms with Crippen LogP contribution in [0, 0.1) is 0 Å². The van der Waals surface area contributed by atoms with Crippen LogP contribution in [0.1, 0.15) is 5.56 Å². The first-order valence-corrected chi connectivity index (χ1v) is 9.05. The Bertz CT molecular complexity index is 1260. The number of imidazole rings is 2. The van der Waals surface area contributed by atoms with Gasteiger partial charge in [0, 0.05) is 11.8 Å². The van der Waals surface area contributed by atoms with E-state index in [1.807, 2.05) is 54.6 Å². The van der Waals surface area contributed by atoms with E-state index in [2.05, 4.69) is 20.1 Å². The number of rotatable bonds is 5. The third-order valence-electron chi connectivity index (χ3n) is 4.54. The minimum absolute atomic E-state index is 0.347. The molecule has 3 heterocycles. The molecule has 0 saturated heterocycles. The SMILES string of the molecule is Nc1ncnn2c(-c3c[nH]cn3)nc(-c3cccc(OCc4ccccc4)c3)c12. The van der Waals surface area contributed by atoms with Crippen LogP contribution in [0.4, 0.5) is 5.82 Å². The summed E-state index contributed by atoms with van der Waals surface area (Å²) in [6, 6.07) is 17.8. The molecule has 3 aromatic heterocycles. The van der Waals surface area contributed by atoms with Crippen molar-refractivity contribution in [1.29, 1.82) is 0 Å². The molecule has 0 amide bonds. The summed E-state index contributed by atoms with van der Waals surface area (Å²) in [5.74, 6) is 1.67. The van der Waals surface area contributed by atoms with Crippen molar-refractivity contribution in [3.8, 4) is 28.5 Å². The van der Waals surface area contributed by atoms with E-state index in [1.54, 1.807) is 17.0 Å². The van der Waals surface area contributed by atoms with Crippen LogP contribution >= 0.6 is 0 Å². The zero-order valence-corrected chi connectivity index (χ0v) is 15.4. The summed E-state index contributed by atoms with van der Waals surface area (Å²) in [5.41, 5.74) is 10.1. The first-order valence-electron chi connectivity index (χ1n) is 9.05. The van der Waals surface area contributed by atoms with Crippen LogP contribution in [0.25, 0.3) is 28.3 Å². The van der Waals surface area contributed by atoms with Crippen LogP contribution in [-0.2, 0) is 6.61 Å². The largest absolute Gasteiger partial charge is 0.489 e. The number of aromatic nitrogens is 6. The van der Waals surface area contributed by atoms with Gasteiger partial charge in [0.05, 0.1) is 6.33 Å². The molecule has 8 nitrogen and oxygen atoms in total. The Balaban J connectivity index is 1.56. The molecule has 8 heteroatoms. The average Bonchev–Trinajstić information content (AvgIpc) is 3.42. The summed E-state index contributed by atoms with van der Waals surface area (Å²) in [5, 5.41) is 4.32. The van der Waals surface area contributed by atoms with Gasteiger partial charge in [0.25, 0.3) is 0 Å². The molecular formula is C21H17N7O. The van der Waals surface area contributed by atoms with Gasteiger partial charge in [-0.25, -0.2) is 19.5 Å². The molecule has 0 fully saturated rings. The second kappa shape index (κ2) is 7.08. The molecule has 0 aliphatic carbocycles. The van der Waals surface area contributed by atoms with E-state index in [0.29, 0.717) is 35.2 Å². The molecule has 0 atom stereocenters. The number of nitrogens with two attached hydrogens (primary N) is 1. The molecule has 3 N–H and O–H groups in total. The van der Waals surface area contributed by atoms with Crippen molar-refractivity contribution in [3.05, 3.63) is 79.0 Å². The van der Waals surface area contributed by atoms with Crippen LogP contribution < -0.4 is 10.5 Å². The Morgan fingerprint density at radius 3 is 2.76 bits per heavy atom. The summed E-state index contributed by atoms with van der Waals surface area (Å²) in [6.07, 6.45) is 4.76. The predicted octanol–water partition coefficient (Wildman–Crippen LogP) is 3.34. The fourth-order valence-corrected chi connectivity index (χ4v) is 3.18. The number of hydrogen-bond donors (Lipinski definition) is 2. The third-order valence-corrected chi connectivity index (χ3v) is 4.54. The van der Waals surface area contributed by atoms with E-state index in [4.69, 9.17) is 15.5 Å². The second-order valence-electron chi connectivity index (χ2n) is 6.45. The van der Waals surface area contributed by atoms with Crippen LogP contribution in [0.2, 0.25) is 0 Å². The zero-order chi connectivity index (χ0) is 19.6. The summed E-state index contributed by atoms with van der Waals surface area (Å²) in [7, 11) is 0. The van der Waals surface area contributed by atoms with Crippen molar-refractivity contribution in [2.24, 2.45) is 0 Å². The van der Waals surface area contributed by atoms with Gasteiger partial charge in [-0.1, -0.05) is 42.5 Å². The predicted molar refractivity (Wildman–Crippen MR) is 109 cm³/mol. The van der Waals surface area contributed by atoms with Crippen LogP contribution in [-0.4, -0.2) is 29.5 Å². The number of H-pyrrole nitrogens is 1. The van der Waals surface area contributed by atoms with E-state index in [0.717, 1.165) is 16.9 Å². The smallest absolute Gasteiger partial charge is 0.182 e. The molecule has 5 aromatic rings. The number of hydrogen-bond acceptors (Lipinski definition) is 6. The maximum absolute atomic E-state index is 6.16. The number of nitrogen functional groups attached to an aromatic ring is 1. The molecule has 0 bridgehead atoms. The van der Waals surface area contributed by atoms with Crippen LogP contribution in [0.15, 0.2) is 73.4 Å². The topological polar surface area (TPSA) is 107 Å². The molecule has 2 aromatic carbocycles. The lowest BCUT2D eigenvalue weighted by atomic mass is 10.1. The Hall–Kier alpha value is -4.20. The maximum atomic E-state index is 6.16. The number of benzene rings is 2. The summed E-state index contributed by atoms with van der Waals surface area (Å²) in [4.78, 5) is 16.1. The quantitative estimate of drug-likeness (QED) is 0.482. The van der Waals surface area contributed by atoms with Gasteiger partial charge in [-0.05, 0) is 17.7 Å². The average molecular weight is 383 g/mol. The van der Waals surface area contributed by atoms with Crippen molar-refractivity contribution < 1.29 is 4.74 Å². The lowest BCUT2D eigenvalue weighted by molar-refractivity contribution is 0.306. The van der Waals surface area contributed by atoms with Gasteiger partial charge < -0.3 is 15.5 Å². The minimum Gasteiger partial charge on any atom is -0.489 e. The third kappa shape index (κ3) is 3.16. The molecule has 0 aliphatic heterocycles. The van der Waals surface area contributed by atoms with E-state index < -0.39 is 0 Å². The number of nitrogens with zero attached hydrogens (tertiary/aromatic N) is 5. The Kier molecular flexibility index (Phi) is 4.14. The first-order chi connectivity index (χ1) is 14.3. The van der Waals surface area contributed by atoms with Crippen molar-refractivity contribution in [3.63, 3.8) is 0 Å². The standard InChI is InChI=1S/C21H17N7O/c22-20-19-18(27-21(17-10-23-12-24-17)28(19)26-13-25-20)15-7-4-8-16(9-15)29-11-14-5-2-1-3-6-14/h1-10,12-13H,11H2,(H,23,24)(H2,22,25,26). The van der Waals surface area contributed by atoms with Gasteiger partial charge in [-0.2, -0.15) is 5.10 Å². The number of fused-ring (bicyclic) bond motifs is 1. The van der Waals surface area contributed by atoms with E-state index >= 15 is 0 Å².